The van der Waals surface area contributed by atoms with Crippen molar-refractivity contribution in [2.45, 2.75) is 32.0 Å². The highest BCUT2D eigenvalue weighted by Gasteiger charge is 2.15. The fourth-order valence-electron chi connectivity index (χ4n) is 1.93. The van der Waals surface area contributed by atoms with Crippen LogP contribution in [-0.4, -0.2) is 24.4 Å². The van der Waals surface area contributed by atoms with Crippen molar-refractivity contribution in [2.75, 3.05) is 13.2 Å². The predicted molar refractivity (Wildman–Crippen MR) is 61.4 cm³/mol. The first-order valence-electron chi connectivity index (χ1n) is 5.93. The van der Waals surface area contributed by atoms with E-state index in [0.717, 1.165) is 25.9 Å². The first-order chi connectivity index (χ1) is 8.29. The summed E-state index contributed by atoms with van der Waals surface area (Å²) in [7, 11) is 0. The quantitative estimate of drug-likeness (QED) is 0.877. The number of ether oxygens (including phenoxy) is 2. The highest BCUT2D eigenvalue weighted by molar-refractivity contribution is 5.33. The van der Waals surface area contributed by atoms with Gasteiger partial charge in [0.25, 0.3) is 0 Å². The molecule has 1 atom stereocenters. The Morgan fingerprint density at radius 2 is 2.29 bits per heavy atom. The molecular formula is C13H17FO3. The van der Waals surface area contributed by atoms with Gasteiger partial charge in [-0.2, -0.15) is 0 Å². The number of aliphatic hydroxyl groups is 1. The summed E-state index contributed by atoms with van der Waals surface area (Å²) in [5.74, 6) is 0.165. The topological polar surface area (TPSA) is 38.7 Å². The van der Waals surface area contributed by atoms with Crippen LogP contribution >= 0.6 is 0 Å². The molecule has 1 heterocycles. The van der Waals surface area contributed by atoms with Crippen molar-refractivity contribution in [3.63, 3.8) is 0 Å². The minimum atomic E-state index is -0.365. The molecule has 1 aromatic carbocycles. The Balaban J connectivity index is 1.93. The minimum Gasteiger partial charge on any atom is -0.491 e. The summed E-state index contributed by atoms with van der Waals surface area (Å²) in [6.45, 7) is 1.02. The van der Waals surface area contributed by atoms with Crippen LogP contribution in [0.15, 0.2) is 18.2 Å². The monoisotopic (exact) mass is 240 g/mol. The molecule has 0 aromatic heterocycles. The maximum absolute atomic E-state index is 12.9. The molecule has 94 valence electrons. The summed E-state index contributed by atoms with van der Waals surface area (Å²) < 4.78 is 24.0. The van der Waals surface area contributed by atoms with Gasteiger partial charge < -0.3 is 14.6 Å². The smallest absolute Gasteiger partial charge is 0.125 e. The third-order valence-electron chi connectivity index (χ3n) is 2.89. The first-order valence-corrected chi connectivity index (χ1v) is 5.93. The SMILES string of the molecule is OCc1cc(F)ccc1OCC1CCCCO1. The van der Waals surface area contributed by atoms with Crippen molar-refractivity contribution in [1.29, 1.82) is 0 Å². The average Bonchev–Trinajstić information content (AvgIpc) is 2.38. The van der Waals surface area contributed by atoms with Crippen LogP contribution in [0.25, 0.3) is 0 Å². The zero-order chi connectivity index (χ0) is 12.1. The summed E-state index contributed by atoms with van der Waals surface area (Å²) in [4.78, 5) is 0. The van der Waals surface area contributed by atoms with Gasteiger partial charge in [-0.25, -0.2) is 4.39 Å². The number of rotatable bonds is 4. The van der Waals surface area contributed by atoms with Gasteiger partial charge in [0.05, 0.1) is 12.7 Å². The van der Waals surface area contributed by atoms with Crippen LogP contribution in [0.4, 0.5) is 4.39 Å². The molecule has 1 unspecified atom stereocenters. The zero-order valence-electron chi connectivity index (χ0n) is 9.69. The molecule has 3 nitrogen and oxygen atoms in total. The van der Waals surface area contributed by atoms with Crippen LogP contribution in [0.1, 0.15) is 24.8 Å². The van der Waals surface area contributed by atoms with Crippen molar-refractivity contribution < 1.29 is 19.0 Å². The highest BCUT2D eigenvalue weighted by atomic mass is 19.1. The van der Waals surface area contributed by atoms with E-state index in [4.69, 9.17) is 14.6 Å². The van der Waals surface area contributed by atoms with Gasteiger partial charge in [-0.1, -0.05) is 0 Å². The Bertz CT molecular complexity index is 362. The van der Waals surface area contributed by atoms with E-state index < -0.39 is 0 Å². The molecule has 0 amide bonds. The van der Waals surface area contributed by atoms with Gasteiger partial charge in [0.1, 0.15) is 18.2 Å². The van der Waals surface area contributed by atoms with E-state index in [1.54, 1.807) is 6.07 Å². The zero-order valence-corrected chi connectivity index (χ0v) is 9.69. The molecule has 0 bridgehead atoms. The minimum absolute atomic E-state index is 0.111. The molecular weight excluding hydrogens is 223 g/mol. The summed E-state index contributed by atoms with van der Waals surface area (Å²) >= 11 is 0. The van der Waals surface area contributed by atoms with E-state index in [1.165, 1.54) is 12.1 Å². The Morgan fingerprint density at radius 1 is 1.41 bits per heavy atom. The van der Waals surface area contributed by atoms with Gasteiger partial charge in [0, 0.05) is 12.2 Å². The van der Waals surface area contributed by atoms with Gasteiger partial charge in [-0.3, -0.25) is 0 Å². The molecule has 2 rings (SSSR count). The summed E-state index contributed by atoms with van der Waals surface area (Å²) in [6, 6.07) is 4.16. The maximum atomic E-state index is 12.9. The molecule has 0 radical (unpaired) electrons. The van der Waals surface area contributed by atoms with Crippen molar-refractivity contribution in [3.05, 3.63) is 29.6 Å². The van der Waals surface area contributed by atoms with Gasteiger partial charge in [-0.15, -0.1) is 0 Å². The second-order valence-electron chi connectivity index (χ2n) is 4.21. The van der Waals surface area contributed by atoms with E-state index in [2.05, 4.69) is 0 Å². The second kappa shape index (κ2) is 5.98. The number of halogens is 1. The summed E-state index contributed by atoms with van der Waals surface area (Å²) in [5.41, 5.74) is 0.473. The molecule has 1 saturated heterocycles. The summed E-state index contributed by atoms with van der Waals surface area (Å²) in [5, 5.41) is 9.10. The average molecular weight is 240 g/mol. The van der Waals surface area contributed by atoms with Gasteiger partial charge in [-0.05, 0) is 37.5 Å². The normalized spacial score (nSPS) is 20.2. The van der Waals surface area contributed by atoms with Crippen molar-refractivity contribution in [1.82, 2.24) is 0 Å². The number of hydrogen-bond donors (Lipinski definition) is 1. The Kier molecular flexibility index (Phi) is 4.34. The molecule has 1 fully saturated rings. The Morgan fingerprint density at radius 3 is 3.00 bits per heavy atom. The lowest BCUT2D eigenvalue weighted by Crippen LogP contribution is -2.26. The number of aliphatic hydroxyl groups excluding tert-OH is 1. The molecule has 1 aliphatic heterocycles. The van der Waals surface area contributed by atoms with Gasteiger partial charge >= 0.3 is 0 Å². The molecule has 0 spiro atoms. The van der Waals surface area contributed by atoms with E-state index in [9.17, 15) is 4.39 Å². The largest absolute Gasteiger partial charge is 0.491 e. The lowest BCUT2D eigenvalue weighted by atomic mass is 10.1. The molecule has 4 heteroatoms. The number of hydrogen-bond acceptors (Lipinski definition) is 3. The predicted octanol–water partition coefficient (Wildman–Crippen LogP) is 2.27. The molecule has 1 aliphatic rings. The first kappa shape index (κ1) is 12.3. The van der Waals surface area contributed by atoms with Crippen LogP contribution in [0, 0.1) is 5.82 Å². The van der Waals surface area contributed by atoms with Crippen LogP contribution in [0.3, 0.4) is 0 Å². The molecule has 0 aliphatic carbocycles. The van der Waals surface area contributed by atoms with E-state index in [1.807, 2.05) is 0 Å². The van der Waals surface area contributed by atoms with Crippen molar-refractivity contribution in [3.8, 4) is 5.75 Å². The van der Waals surface area contributed by atoms with Crippen LogP contribution < -0.4 is 4.74 Å². The Labute approximate surface area is 100 Å². The van der Waals surface area contributed by atoms with Gasteiger partial charge in [0.2, 0.25) is 0 Å². The van der Waals surface area contributed by atoms with Crippen LogP contribution in [-0.2, 0) is 11.3 Å². The third kappa shape index (κ3) is 3.41. The molecule has 1 N–H and O–H groups in total. The third-order valence-corrected chi connectivity index (χ3v) is 2.89. The molecule has 1 aromatic rings. The second-order valence-corrected chi connectivity index (χ2v) is 4.21. The lowest BCUT2D eigenvalue weighted by Gasteiger charge is -2.23. The lowest BCUT2D eigenvalue weighted by molar-refractivity contribution is -0.0114. The van der Waals surface area contributed by atoms with Crippen LogP contribution in [0.2, 0.25) is 0 Å². The maximum Gasteiger partial charge on any atom is 0.125 e. The van der Waals surface area contributed by atoms with E-state index >= 15 is 0 Å². The number of benzene rings is 1. The van der Waals surface area contributed by atoms with E-state index in [-0.39, 0.29) is 18.5 Å². The summed E-state index contributed by atoms with van der Waals surface area (Å²) in [6.07, 6.45) is 3.37. The van der Waals surface area contributed by atoms with Crippen molar-refractivity contribution >= 4 is 0 Å². The van der Waals surface area contributed by atoms with Gasteiger partial charge in [0.15, 0.2) is 0 Å². The Hall–Kier alpha value is -1.13. The van der Waals surface area contributed by atoms with E-state index in [0.29, 0.717) is 17.9 Å². The standard InChI is InChI=1S/C13H17FO3/c14-11-4-5-13(10(7-11)8-15)17-9-12-3-1-2-6-16-12/h4-5,7,12,15H,1-3,6,8-9H2. The molecule has 0 saturated carbocycles. The van der Waals surface area contributed by atoms with Crippen molar-refractivity contribution in [2.24, 2.45) is 0 Å². The fraction of sp³-hybridized carbons (Fsp3) is 0.538. The highest BCUT2D eigenvalue weighted by Crippen LogP contribution is 2.21. The molecule has 17 heavy (non-hydrogen) atoms. The fourth-order valence-corrected chi connectivity index (χ4v) is 1.93. The van der Waals surface area contributed by atoms with Crippen LogP contribution in [0.5, 0.6) is 5.75 Å².